The number of nitrogens with zero attached hydrogens (tertiary/aromatic N) is 2. The number of hydrogen-bond donors (Lipinski definition) is 1. The van der Waals surface area contributed by atoms with Crippen molar-refractivity contribution in [3.05, 3.63) is 34.4 Å². The van der Waals surface area contributed by atoms with Gasteiger partial charge in [0.05, 0.1) is 23.2 Å². The molecule has 1 aliphatic rings. The fourth-order valence-electron chi connectivity index (χ4n) is 2.61. The van der Waals surface area contributed by atoms with Gasteiger partial charge < -0.3 is 10.1 Å². The van der Waals surface area contributed by atoms with Gasteiger partial charge in [0, 0.05) is 30.9 Å². The Labute approximate surface area is 129 Å². The minimum atomic E-state index is -0.468. The first kappa shape index (κ1) is 16.4. The van der Waals surface area contributed by atoms with Crippen LogP contribution in [-0.2, 0) is 9.53 Å². The third kappa shape index (κ3) is 4.02. The van der Waals surface area contributed by atoms with Crippen LogP contribution in [0.4, 0.5) is 11.4 Å². The minimum absolute atomic E-state index is 0.00174. The maximum absolute atomic E-state index is 12.3. The predicted octanol–water partition coefficient (Wildman–Crippen LogP) is 2.03. The van der Waals surface area contributed by atoms with E-state index in [0.717, 1.165) is 0 Å². The van der Waals surface area contributed by atoms with Crippen molar-refractivity contribution in [1.29, 1.82) is 0 Å². The first-order valence-electron chi connectivity index (χ1n) is 7.31. The molecule has 1 saturated heterocycles. The van der Waals surface area contributed by atoms with E-state index in [1.54, 1.807) is 0 Å². The Kier molecular flexibility index (Phi) is 5.10. The lowest BCUT2D eigenvalue weighted by molar-refractivity contribution is -0.384. The quantitative estimate of drug-likeness (QED) is 0.679. The number of rotatable bonds is 4. The average Bonchev–Trinajstić information content (AvgIpc) is 2.46. The lowest BCUT2D eigenvalue weighted by atomic mass is 10.1. The molecular weight excluding hydrogens is 286 g/mol. The summed E-state index contributed by atoms with van der Waals surface area (Å²) in [6.45, 7) is 7.25. The van der Waals surface area contributed by atoms with Gasteiger partial charge in [-0.05, 0) is 32.9 Å². The Balaban J connectivity index is 1.97. The Morgan fingerprint density at radius 2 is 1.86 bits per heavy atom. The maximum Gasteiger partial charge on any atom is 0.269 e. The predicted molar refractivity (Wildman–Crippen MR) is 82.8 cm³/mol. The molecule has 0 aromatic heterocycles. The van der Waals surface area contributed by atoms with Crippen molar-refractivity contribution in [2.75, 3.05) is 18.4 Å². The van der Waals surface area contributed by atoms with Gasteiger partial charge in [-0.25, -0.2) is 0 Å². The van der Waals surface area contributed by atoms with Gasteiger partial charge in [-0.2, -0.15) is 0 Å². The van der Waals surface area contributed by atoms with Crippen LogP contribution in [0.3, 0.4) is 0 Å². The fraction of sp³-hybridized carbons (Fsp3) is 0.533. The third-order valence-corrected chi connectivity index (χ3v) is 3.72. The zero-order valence-electron chi connectivity index (χ0n) is 13.0. The summed E-state index contributed by atoms with van der Waals surface area (Å²) >= 11 is 0. The molecule has 120 valence electrons. The molecule has 1 fully saturated rings. The average molecular weight is 307 g/mol. The van der Waals surface area contributed by atoms with E-state index in [1.165, 1.54) is 24.3 Å². The van der Waals surface area contributed by atoms with Gasteiger partial charge in [-0.1, -0.05) is 0 Å². The zero-order valence-corrected chi connectivity index (χ0v) is 13.0. The molecule has 7 nitrogen and oxygen atoms in total. The van der Waals surface area contributed by atoms with E-state index in [4.69, 9.17) is 4.74 Å². The summed E-state index contributed by atoms with van der Waals surface area (Å²) in [5.74, 6) is -0.129. The highest BCUT2D eigenvalue weighted by Gasteiger charge is 2.29. The minimum Gasteiger partial charge on any atom is -0.373 e. The van der Waals surface area contributed by atoms with Crippen LogP contribution >= 0.6 is 0 Å². The molecule has 1 aliphatic heterocycles. The number of nitrogens with one attached hydrogen (secondary N) is 1. The summed E-state index contributed by atoms with van der Waals surface area (Å²) < 4.78 is 5.66. The lowest BCUT2D eigenvalue weighted by Gasteiger charge is -2.38. The molecule has 1 aromatic carbocycles. The number of morpholine rings is 1. The number of carbonyl (C=O) groups is 1. The molecule has 1 heterocycles. The number of benzene rings is 1. The summed E-state index contributed by atoms with van der Waals surface area (Å²) in [4.78, 5) is 24.5. The summed E-state index contributed by atoms with van der Waals surface area (Å²) in [6, 6.07) is 5.53. The first-order chi connectivity index (χ1) is 10.4. The molecule has 0 bridgehead atoms. The Morgan fingerprint density at radius 1 is 1.32 bits per heavy atom. The third-order valence-electron chi connectivity index (χ3n) is 3.72. The van der Waals surface area contributed by atoms with Crippen LogP contribution in [0.1, 0.15) is 20.8 Å². The molecule has 7 heteroatoms. The van der Waals surface area contributed by atoms with Gasteiger partial charge in [0.15, 0.2) is 0 Å². The molecule has 22 heavy (non-hydrogen) atoms. The monoisotopic (exact) mass is 307 g/mol. The van der Waals surface area contributed by atoms with E-state index >= 15 is 0 Å². The number of ether oxygens (including phenoxy) is 1. The number of hydrogen-bond acceptors (Lipinski definition) is 5. The normalized spacial score (nSPS) is 23.8. The number of nitro benzene ring substituents is 1. The van der Waals surface area contributed by atoms with Gasteiger partial charge in [0.25, 0.3) is 5.69 Å². The molecule has 0 saturated carbocycles. The standard InChI is InChI=1S/C15H21N3O4/c1-10-8-17(9-11(2)22-10)12(3)15(19)16-13-4-6-14(7-5-13)18(20)21/h4-7,10-12H,8-9H2,1-3H3,(H,16,19)/t10-,11+,12-/m0/s1. The van der Waals surface area contributed by atoms with E-state index < -0.39 is 4.92 Å². The van der Waals surface area contributed by atoms with Crippen molar-refractivity contribution in [1.82, 2.24) is 4.90 Å². The zero-order chi connectivity index (χ0) is 16.3. The number of anilines is 1. The Bertz CT molecular complexity index is 536. The molecule has 0 spiro atoms. The van der Waals surface area contributed by atoms with E-state index in [2.05, 4.69) is 10.2 Å². The molecule has 1 amide bonds. The van der Waals surface area contributed by atoms with E-state index in [9.17, 15) is 14.9 Å². The smallest absolute Gasteiger partial charge is 0.269 e. The highest BCUT2D eigenvalue weighted by molar-refractivity contribution is 5.94. The van der Waals surface area contributed by atoms with Crippen molar-refractivity contribution in [2.45, 2.75) is 39.0 Å². The Hall–Kier alpha value is -1.99. The van der Waals surface area contributed by atoms with Crippen molar-refractivity contribution < 1.29 is 14.5 Å². The highest BCUT2D eigenvalue weighted by atomic mass is 16.6. The second-order valence-corrected chi connectivity index (χ2v) is 5.68. The topological polar surface area (TPSA) is 84.7 Å². The fourth-order valence-corrected chi connectivity index (χ4v) is 2.61. The van der Waals surface area contributed by atoms with Gasteiger partial charge >= 0.3 is 0 Å². The van der Waals surface area contributed by atoms with Crippen molar-refractivity contribution in [3.63, 3.8) is 0 Å². The van der Waals surface area contributed by atoms with Crippen LogP contribution in [0, 0.1) is 10.1 Å². The number of nitro groups is 1. The van der Waals surface area contributed by atoms with Gasteiger partial charge in [0.1, 0.15) is 0 Å². The first-order valence-corrected chi connectivity index (χ1v) is 7.31. The Morgan fingerprint density at radius 3 is 2.36 bits per heavy atom. The van der Waals surface area contributed by atoms with Crippen molar-refractivity contribution >= 4 is 17.3 Å². The maximum atomic E-state index is 12.3. The molecule has 0 aliphatic carbocycles. The summed E-state index contributed by atoms with van der Waals surface area (Å²) in [7, 11) is 0. The number of amides is 1. The number of non-ortho nitro benzene ring substituents is 1. The molecule has 2 rings (SSSR count). The van der Waals surface area contributed by atoms with Gasteiger partial charge in [0.2, 0.25) is 5.91 Å². The second-order valence-electron chi connectivity index (χ2n) is 5.68. The SMILES string of the molecule is C[C@@H]1CN([C@@H](C)C(=O)Nc2ccc([N+](=O)[O-])cc2)C[C@H](C)O1. The summed E-state index contributed by atoms with van der Waals surface area (Å²) in [6.07, 6.45) is 0.191. The molecule has 3 atom stereocenters. The van der Waals surface area contributed by atoms with Crippen LogP contribution in [0.25, 0.3) is 0 Å². The van der Waals surface area contributed by atoms with Crippen LogP contribution < -0.4 is 5.32 Å². The molecular formula is C15H21N3O4. The van der Waals surface area contributed by atoms with E-state index in [-0.39, 0.29) is 29.8 Å². The van der Waals surface area contributed by atoms with Crippen molar-refractivity contribution in [2.24, 2.45) is 0 Å². The molecule has 1 N–H and O–H groups in total. The molecule has 0 radical (unpaired) electrons. The highest BCUT2D eigenvalue weighted by Crippen LogP contribution is 2.17. The lowest BCUT2D eigenvalue weighted by Crippen LogP contribution is -2.52. The van der Waals surface area contributed by atoms with Crippen LogP contribution in [0.15, 0.2) is 24.3 Å². The van der Waals surface area contributed by atoms with Crippen LogP contribution in [0.2, 0.25) is 0 Å². The van der Waals surface area contributed by atoms with Gasteiger partial charge in [-0.3, -0.25) is 19.8 Å². The van der Waals surface area contributed by atoms with Crippen LogP contribution in [0.5, 0.6) is 0 Å². The van der Waals surface area contributed by atoms with Gasteiger partial charge in [-0.15, -0.1) is 0 Å². The molecule has 0 unspecified atom stereocenters. The molecule has 1 aromatic rings. The van der Waals surface area contributed by atoms with Crippen molar-refractivity contribution in [3.8, 4) is 0 Å². The van der Waals surface area contributed by atoms with E-state index in [0.29, 0.717) is 18.8 Å². The second kappa shape index (κ2) is 6.85. The summed E-state index contributed by atoms with van der Waals surface area (Å²) in [5.41, 5.74) is 0.554. The largest absolute Gasteiger partial charge is 0.373 e. The summed E-state index contributed by atoms with van der Waals surface area (Å²) in [5, 5.41) is 13.4. The van der Waals surface area contributed by atoms with Crippen LogP contribution in [-0.4, -0.2) is 47.1 Å². The number of carbonyl (C=O) groups excluding carboxylic acids is 1. The van der Waals surface area contributed by atoms with E-state index in [1.807, 2.05) is 20.8 Å².